The normalized spacial score (nSPS) is 15.5. The second-order valence-corrected chi connectivity index (χ2v) is 9.01. The van der Waals surface area contributed by atoms with Crippen LogP contribution in [0.3, 0.4) is 0 Å². The van der Waals surface area contributed by atoms with Gasteiger partial charge in [0.2, 0.25) is 0 Å². The highest BCUT2D eigenvalue weighted by molar-refractivity contribution is 7.13. The summed E-state index contributed by atoms with van der Waals surface area (Å²) >= 11 is 1.74. The summed E-state index contributed by atoms with van der Waals surface area (Å²) in [5, 5.41) is 16.7. The van der Waals surface area contributed by atoms with Crippen molar-refractivity contribution >= 4 is 28.4 Å². The van der Waals surface area contributed by atoms with Crippen LogP contribution in [0.1, 0.15) is 30.5 Å². The van der Waals surface area contributed by atoms with E-state index in [4.69, 9.17) is 9.63 Å². The van der Waals surface area contributed by atoms with Crippen LogP contribution < -0.4 is 0 Å². The molecule has 1 saturated heterocycles. The minimum absolute atomic E-state index is 0.545. The van der Waals surface area contributed by atoms with E-state index in [2.05, 4.69) is 53.8 Å². The number of aromatic nitrogens is 1. The molecule has 0 aliphatic carbocycles. The lowest BCUT2D eigenvalue weighted by atomic mass is 9.91. The molecule has 4 rings (SSSR count). The molecule has 0 spiro atoms. The molecule has 6 nitrogen and oxygen atoms in total. The Balaban J connectivity index is 1.54. The first kappa shape index (κ1) is 19.9. The van der Waals surface area contributed by atoms with E-state index >= 15 is 0 Å². The highest BCUT2D eigenvalue weighted by Gasteiger charge is 2.23. The number of hydrogen-bond donors (Lipinski definition) is 1. The van der Waals surface area contributed by atoms with Gasteiger partial charge in [0.1, 0.15) is 0 Å². The van der Waals surface area contributed by atoms with Gasteiger partial charge in [-0.3, -0.25) is 0 Å². The molecule has 0 bridgehead atoms. The second kappa shape index (κ2) is 8.55. The summed E-state index contributed by atoms with van der Waals surface area (Å²) < 4.78 is 5.85. The summed E-state index contributed by atoms with van der Waals surface area (Å²) in [6.45, 7) is 2.07. The molecule has 0 atom stereocenters. The molecular formula is C22H27N3O3S. The van der Waals surface area contributed by atoms with Crippen molar-refractivity contribution in [1.82, 2.24) is 15.0 Å². The molecule has 1 N–H and O–H groups in total. The highest BCUT2D eigenvalue weighted by atomic mass is 32.1. The number of piperidine rings is 1. The minimum atomic E-state index is -0.805. The predicted molar refractivity (Wildman–Crippen MR) is 115 cm³/mol. The molecule has 1 aliphatic heterocycles. The van der Waals surface area contributed by atoms with Gasteiger partial charge in [-0.15, -0.1) is 11.3 Å². The van der Waals surface area contributed by atoms with Crippen LogP contribution in [0.25, 0.3) is 21.4 Å². The van der Waals surface area contributed by atoms with Gasteiger partial charge in [0.25, 0.3) is 0 Å². The lowest BCUT2D eigenvalue weighted by Gasteiger charge is -2.29. The molecule has 1 aromatic carbocycles. The molecule has 2 aromatic heterocycles. The Kier molecular flexibility index (Phi) is 5.87. The Morgan fingerprint density at radius 2 is 2.10 bits per heavy atom. The fraction of sp³-hybridized carbons (Fsp3) is 0.455. The molecule has 0 unspecified atom stereocenters. The fourth-order valence-corrected chi connectivity index (χ4v) is 4.96. The first-order chi connectivity index (χ1) is 14.0. The van der Waals surface area contributed by atoms with Gasteiger partial charge in [-0.2, -0.15) is 0 Å². The summed E-state index contributed by atoms with van der Waals surface area (Å²) in [6, 6.07) is 8.55. The van der Waals surface area contributed by atoms with Gasteiger partial charge < -0.3 is 19.4 Å². The number of rotatable bonds is 6. The largest absolute Gasteiger partial charge is 0.465 e. The second-order valence-electron chi connectivity index (χ2n) is 8.06. The number of hydrogen-bond acceptors (Lipinski definition) is 5. The molecule has 1 aliphatic rings. The van der Waals surface area contributed by atoms with Crippen LogP contribution in [0.2, 0.25) is 0 Å². The smallest absolute Gasteiger partial charge is 0.407 e. The average Bonchev–Trinajstić information content (AvgIpc) is 3.37. The van der Waals surface area contributed by atoms with E-state index in [0.29, 0.717) is 19.0 Å². The molecule has 0 saturated carbocycles. The van der Waals surface area contributed by atoms with E-state index < -0.39 is 6.09 Å². The SMILES string of the molecule is CN(C)Cc1c(-c2cccs2)ccc2c(CCC3CCN(C(=O)O)CC3)noc12. The number of aryl methyl sites for hydroxylation is 1. The first-order valence-electron chi connectivity index (χ1n) is 10.1. The van der Waals surface area contributed by atoms with E-state index in [9.17, 15) is 4.79 Å². The lowest BCUT2D eigenvalue weighted by Crippen LogP contribution is -2.37. The van der Waals surface area contributed by atoms with Crippen LogP contribution in [0.4, 0.5) is 4.79 Å². The van der Waals surface area contributed by atoms with Crippen molar-refractivity contribution < 1.29 is 14.4 Å². The number of carboxylic acid groups (broad SMARTS) is 1. The van der Waals surface area contributed by atoms with Gasteiger partial charge in [0.05, 0.1) is 5.69 Å². The van der Waals surface area contributed by atoms with Crippen LogP contribution in [0.5, 0.6) is 0 Å². The Labute approximate surface area is 174 Å². The molecule has 1 fully saturated rings. The topological polar surface area (TPSA) is 69.8 Å². The summed E-state index contributed by atoms with van der Waals surface area (Å²) in [5.74, 6) is 0.545. The molecule has 154 valence electrons. The summed E-state index contributed by atoms with van der Waals surface area (Å²) in [7, 11) is 4.13. The van der Waals surface area contributed by atoms with E-state index in [1.54, 1.807) is 11.3 Å². The van der Waals surface area contributed by atoms with Crippen LogP contribution in [0.15, 0.2) is 34.2 Å². The monoisotopic (exact) mass is 413 g/mol. The molecule has 29 heavy (non-hydrogen) atoms. The zero-order valence-corrected chi connectivity index (χ0v) is 17.7. The zero-order chi connectivity index (χ0) is 20.4. The third-order valence-electron chi connectivity index (χ3n) is 5.75. The highest BCUT2D eigenvalue weighted by Crippen LogP contribution is 2.35. The fourth-order valence-electron chi connectivity index (χ4n) is 4.18. The van der Waals surface area contributed by atoms with Crippen molar-refractivity contribution in [2.24, 2.45) is 5.92 Å². The van der Waals surface area contributed by atoms with E-state index in [-0.39, 0.29) is 0 Å². The number of carbonyl (C=O) groups is 1. The molecule has 0 radical (unpaired) electrons. The van der Waals surface area contributed by atoms with Crippen LogP contribution >= 0.6 is 11.3 Å². The molecule has 1 amide bonds. The quantitative estimate of drug-likeness (QED) is 0.620. The maximum absolute atomic E-state index is 11.1. The van der Waals surface area contributed by atoms with Crippen molar-refractivity contribution in [2.75, 3.05) is 27.2 Å². The van der Waals surface area contributed by atoms with Gasteiger partial charge in [-0.05, 0) is 68.8 Å². The molecule has 3 aromatic rings. The summed E-state index contributed by atoms with van der Waals surface area (Å²) in [5.41, 5.74) is 4.30. The number of amides is 1. The number of thiophene rings is 1. The van der Waals surface area contributed by atoms with Gasteiger partial charge in [0.15, 0.2) is 5.58 Å². The van der Waals surface area contributed by atoms with Gasteiger partial charge in [-0.1, -0.05) is 17.3 Å². The number of benzene rings is 1. The molecule has 3 heterocycles. The Morgan fingerprint density at radius 3 is 2.76 bits per heavy atom. The third kappa shape index (κ3) is 4.31. The van der Waals surface area contributed by atoms with Crippen molar-refractivity contribution in [3.63, 3.8) is 0 Å². The third-order valence-corrected chi connectivity index (χ3v) is 6.66. The zero-order valence-electron chi connectivity index (χ0n) is 16.9. The van der Waals surface area contributed by atoms with Crippen molar-refractivity contribution in [2.45, 2.75) is 32.2 Å². The Morgan fingerprint density at radius 1 is 1.31 bits per heavy atom. The Hall–Kier alpha value is -2.38. The lowest BCUT2D eigenvalue weighted by molar-refractivity contribution is 0.123. The van der Waals surface area contributed by atoms with E-state index in [0.717, 1.165) is 48.9 Å². The van der Waals surface area contributed by atoms with E-state index in [1.807, 2.05) is 0 Å². The minimum Gasteiger partial charge on any atom is -0.465 e. The molecule has 7 heteroatoms. The number of likely N-dealkylation sites (tertiary alicyclic amines) is 1. The maximum Gasteiger partial charge on any atom is 0.407 e. The van der Waals surface area contributed by atoms with Gasteiger partial charge >= 0.3 is 6.09 Å². The first-order valence-corrected chi connectivity index (χ1v) is 11.0. The van der Waals surface area contributed by atoms with Crippen molar-refractivity contribution in [3.8, 4) is 10.4 Å². The summed E-state index contributed by atoms with van der Waals surface area (Å²) in [6.07, 6.45) is 2.93. The van der Waals surface area contributed by atoms with E-state index in [1.165, 1.54) is 20.9 Å². The van der Waals surface area contributed by atoms with Crippen molar-refractivity contribution in [3.05, 3.63) is 40.9 Å². The van der Waals surface area contributed by atoms with Gasteiger partial charge in [0, 0.05) is 35.5 Å². The maximum atomic E-state index is 11.1. The van der Waals surface area contributed by atoms with Crippen LogP contribution in [0, 0.1) is 5.92 Å². The van der Waals surface area contributed by atoms with Crippen molar-refractivity contribution in [1.29, 1.82) is 0 Å². The summed E-state index contributed by atoms with van der Waals surface area (Å²) in [4.78, 5) is 16.0. The standard InChI is InChI=1S/C22H27N3O3S/c1-24(2)14-18-16(20-4-3-13-29-20)6-7-17-19(23-28-21(17)18)8-5-15-9-11-25(12-10-15)22(26)27/h3-4,6-7,13,15H,5,8-12,14H2,1-2H3,(H,26,27). The van der Waals surface area contributed by atoms with Crippen LogP contribution in [-0.2, 0) is 13.0 Å². The number of nitrogens with zero attached hydrogens (tertiary/aromatic N) is 3. The average molecular weight is 414 g/mol. The number of fused-ring (bicyclic) bond motifs is 1. The predicted octanol–water partition coefficient (Wildman–Crippen LogP) is 4.94. The Bertz CT molecular complexity index is 973. The van der Waals surface area contributed by atoms with Gasteiger partial charge in [-0.25, -0.2) is 4.79 Å². The molecular weight excluding hydrogens is 386 g/mol. The van der Waals surface area contributed by atoms with Crippen LogP contribution in [-0.4, -0.2) is 53.3 Å².